The van der Waals surface area contributed by atoms with E-state index in [4.69, 9.17) is 32.7 Å². The van der Waals surface area contributed by atoms with Gasteiger partial charge in [-0.1, -0.05) is 35.3 Å². The second-order valence-corrected chi connectivity index (χ2v) is 7.61. The van der Waals surface area contributed by atoms with Crippen LogP contribution >= 0.6 is 23.2 Å². The van der Waals surface area contributed by atoms with E-state index < -0.39 is 0 Å². The van der Waals surface area contributed by atoms with E-state index in [1.165, 1.54) is 0 Å². The van der Waals surface area contributed by atoms with Crippen molar-refractivity contribution in [3.05, 3.63) is 69.3 Å². The minimum atomic E-state index is -0.168. The van der Waals surface area contributed by atoms with E-state index in [0.717, 1.165) is 22.4 Å². The molecular formula is C20H15Cl2N3O3. The molecule has 3 aromatic rings. The third-order valence-corrected chi connectivity index (χ3v) is 5.56. The molecule has 1 N–H and O–H groups in total. The molecule has 0 aliphatic carbocycles. The summed E-state index contributed by atoms with van der Waals surface area (Å²) in [5.74, 6) is 1.89. The van der Waals surface area contributed by atoms with E-state index in [-0.39, 0.29) is 18.6 Å². The van der Waals surface area contributed by atoms with Crippen molar-refractivity contribution in [3.8, 4) is 11.5 Å². The van der Waals surface area contributed by atoms with Crippen molar-refractivity contribution in [2.75, 3.05) is 12.1 Å². The number of nitrogens with one attached hydrogen (secondary N) is 1. The minimum Gasteiger partial charge on any atom is -0.454 e. The molecule has 0 spiro atoms. The van der Waals surface area contributed by atoms with Gasteiger partial charge in [-0.25, -0.2) is 4.68 Å². The Morgan fingerprint density at radius 2 is 1.96 bits per heavy atom. The summed E-state index contributed by atoms with van der Waals surface area (Å²) in [5, 5.41) is 8.56. The summed E-state index contributed by atoms with van der Waals surface area (Å²) < 4.78 is 12.6. The van der Waals surface area contributed by atoms with Gasteiger partial charge in [0.2, 0.25) is 12.7 Å². The van der Waals surface area contributed by atoms with Gasteiger partial charge in [-0.15, -0.1) is 0 Å². The summed E-state index contributed by atoms with van der Waals surface area (Å²) >= 11 is 12.4. The highest BCUT2D eigenvalue weighted by Gasteiger charge is 2.31. The molecule has 2 aromatic carbocycles. The lowest BCUT2D eigenvalue weighted by molar-refractivity contribution is -0.116. The van der Waals surface area contributed by atoms with Crippen LogP contribution in [0.1, 0.15) is 29.0 Å². The van der Waals surface area contributed by atoms with Gasteiger partial charge in [-0.2, -0.15) is 5.10 Å². The van der Waals surface area contributed by atoms with Gasteiger partial charge < -0.3 is 14.8 Å². The SMILES string of the molecule is O=C1C[C@@H](c2ccc(Cl)cc2Cl)c2cnn(Cc3ccc4c(c3)OCO4)c2N1. The van der Waals surface area contributed by atoms with E-state index in [9.17, 15) is 4.79 Å². The molecule has 1 aromatic heterocycles. The third-order valence-electron chi connectivity index (χ3n) is 5.00. The van der Waals surface area contributed by atoms with E-state index in [1.807, 2.05) is 24.3 Å². The number of nitrogens with zero attached hydrogens (tertiary/aromatic N) is 2. The molecule has 0 saturated heterocycles. The first-order chi connectivity index (χ1) is 13.6. The standard InChI is InChI=1S/C20H15Cl2N3O3/c21-12-2-3-13(16(22)6-12)14-7-19(26)24-20-15(14)8-23-25(20)9-11-1-4-17-18(5-11)28-10-27-17/h1-6,8,14H,7,9-10H2,(H,24,26)/t14-/m0/s1. The Morgan fingerprint density at radius 3 is 2.82 bits per heavy atom. The Labute approximate surface area is 171 Å². The fraction of sp³-hybridized carbons (Fsp3) is 0.200. The molecule has 8 heteroatoms. The highest BCUT2D eigenvalue weighted by molar-refractivity contribution is 6.35. The van der Waals surface area contributed by atoms with Crippen LogP contribution in [-0.2, 0) is 11.3 Å². The van der Waals surface area contributed by atoms with Crippen molar-refractivity contribution in [2.45, 2.75) is 18.9 Å². The summed E-state index contributed by atoms with van der Waals surface area (Å²) in [6.45, 7) is 0.725. The summed E-state index contributed by atoms with van der Waals surface area (Å²) in [6.07, 6.45) is 2.10. The smallest absolute Gasteiger partial charge is 0.231 e. The maximum Gasteiger partial charge on any atom is 0.231 e. The zero-order valence-corrected chi connectivity index (χ0v) is 16.1. The van der Waals surface area contributed by atoms with Crippen molar-refractivity contribution in [1.29, 1.82) is 0 Å². The number of hydrogen-bond acceptors (Lipinski definition) is 4. The third kappa shape index (κ3) is 2.99. The number of ether oxygens (including phenoxy) is 2. The second kappa shape index (κ2) is 6.72. The van der Waals surface area contributed by atoms with Crippen molar-refractivity contribution in [1.82, 2.24) is 9.78 Å². The summed E-state index contributed by atoms with van der Waals surface area (Å²) in [4.78, 5) is 12.4. The van der Waals surface area contributed by atoms with Crippen LogP contribution in [0.5, 0.6) is 11.5 Å². The number of carbonyl (C=O) groups excluding carboxylic acids is 1. The second-order valence-electron chi connectivity index (χ2n) is 6.76. The van der Waals surface area contributed by atoms with E-state index in [1.54, 1.807) is 23.0 Å². The number of fused-ring (bicyclic) bond motifs is 2. The number of hydrogen-bond donors (Lipinski definition) is 1. The lowest BCUT2D eigenvalue weighted by atomic mass is 9.87. The lowest BCUT2D eigenvalue weighted by Gasteiger charge is -2.24. The molecule has 142 valence electrons. The first kappa shape index (κ1) is 17.4. The van der Waals surface area contributed by atoms with Crippen molar-refractivity contribution in [2.24, 2.45) is 0 Å². The normalized spacial score (nSPS) is 17.4. The fourth-order valence-corrected chi connectivity index (χ4v) is 4.20. The zero-order valence-electron chi connectivity index (χ0n) is 14.6. The molecular weight excluding hydrogens is 401 g/mol. The molecule has 0 unspecified atom stereocenters. The molecule has 2 aliphatic rings. The van der Waals surface area contributed by atoms with Crippen LogP contribution in [0.15, 0.2) is 42.6 Å². The number of amides is 1. The van der Waals surface area contributed by atoms with Gasteiger partial charge in [0.1, 0.15) is 5.82 Å². The van der Waals surface area contributed by atoms with Gasteiger partial charge in [0.15, 0.2) is 11.5 Å². The van der Waals surface area contributed by atoms with E-state index >= 15 is 0 Å². The number of anilines is 1. The van der Waals surface area contributed by atoms with E-state index in [2.05, 4.69) is 10.4 Å². The van der Waals surface area contributed by atoms with Crippen LogP contribution in [0.25, 0.3) is 0 Å². The van der Waals surface area contributed by atoms with Crippen LogP contribution in [0.3, 0.4) is 0 Å². The summed E-state index contributed by atoms with van der Waals surface area (Å²) in [7, 11) is 0. The predicted octanol–water partition coefficient (Wildman–Crippen LogP) is 4.44. The molecule has 0 radical (unpaired) electrons. The number of benzene rings is 2. The molecule has 1 amide bonds. The Kier molecular flexibility index (Phi) is 4.18. The molecule has 6 nitrogen and oxygen atoms in total. The maximum atomic E-state index is 12.4. The number of carbonyl (C=O) groups is 1. The quantitative estimate of drug-likeness (QED) is 0.686. The summed E-state index contributed by atoms with van der Waals surface area (Å²) in [5.41, 5.74) is 2.80. The Balaban J connectivity index is 1.50. The topological polar surface area (TPSA) is 65.4 Å². The monoisotopic (exact) mass is 415 g/mol. The van der Waals surface area contributed by atoms with Gasteiger partial charge in [0, 0.05) is 27.9 Å². The largest absolute Gasteiger partial charge is 0.454 e. The Bertz CT molecular complexity index is 1100. The molecule has 28 heavy (non-hydrogen) atoms. The number of halogens is 2. The minimum absolute atomic E-state index is 0.0732. The maximum absolute atomic E-state index is 12.4. The van der Waals surface area contributed by atoms with Gasteiger partial charge in [0.25, 0.3) is 0 Å². The fourth-order valence-electron chi connectivity index (χ4n) is 3.66. The predicted molar refractivity (Wildman–Crippen MR) is 105 cm³/mol. The van der Waals surface area contributed by atoms with Crippen molar-refractivity contribution in [3.63, 3.8) is 0 Å². The zero-order chi connectivity index (χ0) is 19.3. The Morgan fingerprint density at radius 1 is 1.11 bits per heavy atom. The van der Waals surface area contributed by atoms with Crippen LogP contribution < -0.4 is 14.8 Å². The van der Waals surface area contributed by atoms with Crippen LogP contribution in [0.4, 0.5) is 5.82 Å². The number of aromatic nitrogens is 2. The van der Waals surface area contributed by atoms with Gasteiger partial charge in [0.05, 0.1) is 12.7 Å². The number of rotatable bonds is 3. The van der Waals surface area contributed by atoms with Gasteiger partial charge in [-0.3, -0.25) is 4.79 Å². The average molecular weight is 416 g/mol. The van der Waals surface area contributed by atoms with Crippen LogP contribution in [0, 0.1) is 0 Å². The molecule has 1 atom stereocenters. The molecule has 0 bridgehead atoms. The molecule has 5 rings (SSSR count). The first-order valence-electron chi connectivity index (χ1n) is 8.77. The van der Waals surface area contributed by atoms with Gasteiger partial charge >= 0.3 is 0 Å². The highest BCUT2D eigenvalue weighted by Crippen LogP contribution is 2.41. The molecule has 0 saturated carbocycles. The summed E-state index contributed by atoms with van der Waals surface area (Å²) in [6, 6.07) is 11.1. The van der Waals surface area contributed by atoms with Crippen molar-refractivity contribution < 1.29 is 14.3 Å². The van der Waals surface area contributed by atoms with Crippen LogP contribution in [0.2, 0.25) is 10.0 Å². The first-order valence-corrected chi connectivity index (χ1v) is 9.53. The van der Waals surface area contributed by atoms with Crippen LogP contribution in [-0.4, -0.2) is 22.5 Å². The van der Waals surface area contributed by atoms with Gasteiger partial charge in [-0.05, 0) is 35.4 Å². The molecule has 3 heterocycles. The Hall–Kier alpha value is -2.70. The highest BCUT2D eigenvalue weighted by atomic mass is 35.5. The van der Waals surface area contributed by atoms with E-state index in [0.29, 0.717) is 34.6 Å². The molecule has 0 fully saturated rings. The van der Waals surface area contributed by atoms with Crippen molar-refractivity contribution >= 4 is 34.9 Å². The molecule has 2 aliphatic heterocycles. The average Bonchev–Trinajstić information content (AvgIpc) is 3.28. The lowest BCUT2D eigenvalue weighted by Crippen LogP contribution is -2.25.